The van der Waals surface area contributed by atoms with Crippen LogP contribution in [-0.4, -0.2) is 52.6 Å². The molecule has 7 nitrogen and oxygen atoms in total. The molecule has 0 saturated heterocycles. The monoisotopic (exact) mass is 451 g/mol. The highest BCUT2D eigenvalue weighted by Gasteiger charge is 2.30. The number of furan rings is 1. The lowest BCUT2D eigenvalue weighted by molar-refractivity contribution is -0.137. The molecular weight excluding hydrogens is 427 g/mol. The average Bonchev–Trinajstić information content (AvgIpc) is 3.44. The molecule has 2 heterocycles. The number of alkyl halides is 3. The second-order valence-corrected chi connectivity index (χ2v) is 7.13. The smallest absolute Gasteiger partial charge is 0.416 e. The molecule has 32 heavy (non-hydrogen) atoms. The Balaban J connectivity index is 1.63. The van der Waals surface area contributed by atoms with Crippen molar-refractivity contribution in [2.45, 2.75) is 25.2 Å². The molecule has 2 aromatic heterocycles. The first-order valence-electron chi connectivity index (χ1n) is 9.97. The molecule has 0 unspecified atom stereocenters. The lowest BCUT2D eigenvalue weighted by Gasteiger charge is -2.23. The second-order valence-electron chi connectivity index (χ2n) is 7.13. The van der Waals surface area contributed by atoms with E-state index in [-0.39, 0.29) is 23.9 Å². The Kier molecular flexibility index (Phi) is 8.20. The standard InChI is InChI=1S/C22H24F3N3O4/c1-2-10-30-15-18(29)13-28(14-19-7-4-11-31-19)9-8-20-26-21(27-32-20)16-5-3-6-17(12-16)22(23,24)25/h2-7,11-12,18,29H,1,8-10,13-15H2/t18-/m1/s1. The van der Waals surface area contributed by atoms with Crippen LogP contribution >= 0.6 is 0 Å². The van der Waals surface area contributed by atoms with Crippen LogP contribution in [0.1, 0.15) is 17.2 Å². The summed E-state index contributed by atoms with van der Waals surface area (Å²) < 4.78 is 54.7. The summed E-state index contributed by atoms with van der Waals surface area (Å²) >= 11 is 0. The molecule has 0 bridgehead atoms. The fourth-order valence-electron chi connectivity index (χ4n) is 3.06. The predicted molar refractivity (Wildman–Crippen MR) is 109 cm³/mol. The normalized spacial score (nSPS) is 12.9. The number of hydrogen-bond donors (Lipinski definition) is 1. The Morgan fingerprint density at radius 2 is 2.09 bits per heavy atom. The van der Waals surface area contributed by atoms with Crippen molar-refractivity contribution in [3.8, 4) is 11.4 Å². The molecule has 0 saturated carbocycles. The Morgan fingerprint density at radius 1 is 1.25 bits per heavy atom. The van der Waals surface area contributed by atoms with Crippen LogP contribution in [0.3, 0.4) is 0 Å². The fourth-order valence-corrected chi connectivity index (χ4v) is 3.06. The van der Waals surface area contributed by atoms with Crippen molar-refractivity contribution < 1.29 is 32.0 Å². The molecule has 3 rings (SSSR count). The summed E-state index contributed by atoms with van der Waals surface area (Å²) in [7, 11) is 0. The zero-order chi connectivity index (χ0) is 23.0. The van der Waals surface area contributed by atoms with Crippen LogP contribution in [0.25, 0.3) is 11.4 Å². The lowest BCUT2D eigenvalue weighted by atomic mass is 10.1. The molecule has 1 atom stereocenters. The molecule has 10 heteroatoms. The molecule has 0 spiro atoms. The Hall–Kier alpha value is -2.95. The first-order chi connectivity index (χ1) is 15.3. The highest BCUT2D eigenvalue weighted by atomic mass is 19.4. The third-order valence-electron chi connectivity index (χ3n) is 4.53. The van der Waals surface area contributed by atoms with Gasteiger partial charge in [-0.1, -0.05) is 23.4 Å². The topological polar surface area (TPSA) is 84.8 Å². The van der Waals surface area contributed by atoms with Crippen molar-refractivity contribution in [3.05, 3.63) is 72.5 Å². The van der Waals surface area contributed by atoms with Gasteiger partial charge in [-0.3, -0.25) is 4.90 Å². The maximum absolute atomic E-state index is 12.9. The molecular formula is C22H24F3N3O4. The van der Waals surface area contributed by atoms with Gasteiger partial charge in [0.15, 0.2) is 0 Å². The summed E-state index contributed by atoms with van der Waals surface area (Å²) in [6, 6.07) is 8.36. The van der Waals surface area contributed by atoms with Crippen LogP contribution in [0.5, 0.6) is 0 Å². The molecule has 3 aromatic rings. The Labute approximate surface area is 183 Å². The number of benzene rings is 1. The number of aromatic nitrogens is 2. The maximum atomic E-state index is 12.9. The SMILES string of the molecule is C=CCOC[C@H](O)CN(CCc1nc(-c2cccc(C(F)(F)F)c2)no1)Cc1ccco1. The molecule has 0 aliphatic rings. The van der Waals surface area contributed by atoms with Gasteiger partial charge in [0.2, 0.25) is 11.7 Å². The van der Waals surface area contributed by atoms with Crippen molar-refractivity contribution in [3.63, 3.8) is 0 Å². The van der Waals surface area contributed by atoms with Crippen LogP contribution < -0.4 is 0 Å². The third-order valence-corrected chi connectivity index (χ3v) is 4.53. The summed E-state index contributed by atoms with van der Waals surface area (Å²) in [6.45, 7) is 5.26. The Morgan fingerprint density at radius 3 is 2.81 bits per heavy atom. The number of rotatable bonds is 12. The van der Waals surface area contributed by atoms with Crippen molar-refractivity contribution in [1.29, 1.82) is 0 Å². The fraction of sp³-hybridized carbons (Fsp3) is 0.364. The van der Waals surface area contributed by atoms with Gasteiger partial charge in [-0.2, -0.15) is 18.2 Å². The first kappa shape index (κ1) is 23.7. The van der Waals surface area contributed by atoms with Crippen LogP contribution in [0.15, 0.2) is 64.3 Å². The van der Waals surface area contributed by atoms with E-state index in [1.807, 2.05) is 11.0 Å². The van der Waals surface area contributed by atoms with E-state index in [2.05, 4.69) is 16.7 Å². The summed E-state index contributed by atoms with van der Waals surface area (Å²) in [5, 5.41) is 14.0. The van der Waals surface area contributed by atoms with E-state index in [0.717, 1.165) is 17.9 Å². The van der Waals surface area contributed by atoms with Crippen LogP contribution in [0.4, 0.5) is 13.2 Å². The average molecular weight is 451 g/mol. The second kappa shape index (κ2) is 11.1. The summed E-state index contributed by atoms with van der Waals surface area (Å²) in [4.78, 5) is 6.16. The van der Waals surface area contributed by atoms with E-state index < -0.39 is 17.8 Å². The number of hydrogen-bond acceptors (Lipinski definition) is 7. The zero-order valence-corrected chi connectivity index (χ0v) is 17.3. The van der Waals surface area contributed by atoms with Gasteiger partial charge in [-0.15, -0.1) is 6.58 Å². The van der Waals surface area contributed by atoms with Gasteiger partial charge in [0.05, 0.1) is 37.7 Å². The minimum absolute atomic E-state index is 0.0848. The quantitative estimate of drug-likeness (QED) is 0.330. The highest BCUT2D eigenvalue weighted by Crippen LogP contribution is 2.31. The summed E-state index contributed by atoms with van der Waals surface area (Å²) in [6.07, 6.45) is -1.67. The first-order valence-corrected chi connectivity index (χ1v) is 9.97. The molecule has 1 aromatic carbocycles. The third kappa shape index (κ3) is 7.04. The van der Waals surface area contributed by atoms with Crippen LogP contribution in [0, 0.1) is 0 Å². The lowest BCUT2D eigenvalue weighted by Crippen LogP contribution is -2.36. The van der Waals surface area contributed by atoms with E-state index in [1.165, 1.54) is 12.1 Å². The van der Waals surface area contributed by atoms with Gasteiger partial charge >= 0.3 is 6.18 Å². The van der Waals surface area contributed by atoms with E-state index in [9.17, 15) is 18.3 Å². The van der Waals surface area contributed by atoms with Gasteiger partial charge in [0, 0.05) is 25.1 Å². The van der Waals surface area contributed by atoms with E-state index in [0.29, 0.717) is 32.7 Å². The van der Waals surface area contributed by atoms with E-state index >= 15 is 0 Å². The van der Waals surface area contributed by atoms with Crippen molar-refractivity contribution >= 4 is 0 Å². The van der Waals surface area contributed by atoms with Gasteiger partial charge in [-0.25, -0.2) is 0 Å². The zero-order valence-electron chi connectivity index (χ0n) is 17.3. The number of nitrogens with zero attached hydrogens (tertiary/aromatic N) is 3. The van der Waals surface area contributed by atoms with E-state index in [1.54, 1.807) is 18.4 Å². The van der Waals surface area contributed by atoms with Gasteiger partial charge in [-0.05, 0) is 24.3 Å². The molecule has 0 amide bonds. The molecule has 1 N–H and O–H groups in total. The summed E-state index contributed by atoms with van der Waals surface area (Å²) in [5.41, 5.74) is -0.560. The molecule has 0 aliphatic heterocycles. The molecule has 172 valence electrons. The van der Waals surface area contributed by atoms with Crippen molar-refractivity contribution in [2.75, 3.05) is 26.3 Å². The highest BCUT2D eigenvalue weighted by molar-refractivity contribution is 5.55. The van der Waals surface area contributed by atoms with Gasteiger partial charge < -0.3 is 18.8 Å². The largest absolute Gasteiger partial charge is 0.468 e. The van der Waals surface area contributed by atoms with Gasteiger partial charge in [0.25, 0.3) is 0 Å². The van der Waals surface area contributed by atoms with Crippen LogP contribution in [0.2, 0.25) is 0 Å². The van der Waals surface area contributed by atoms with E-state index in [4.69, 9.17) is 13.7 Å². The number of halogens is 3. The number of ether oxygens (including phenoxy) is 1. The maximum Gasteiger partial charge on any atom is 0.416 e. The van der Waals surface area contributed by atoms with Crippen LogP contribution in [-0.2, 0) is 23.9 Å². The van der Waals surface area contributed by atoms with Gasteiger partial charge in [0.1, 0.15) is 5.76 Å². The number of aliphatic hydroxyl groups is 1. The predicted octanol–water partition coefficient (Wildman–Crippen LogP) is 3.96. The summed E-state index contributed by atoms with van der Waals surface area (Å²) in [5.74, 6) is 1.08. The number of aliphatic hydroxyl groups excluding tert-OH is 1. The minimum atomic E-state index is -4.45. The minimum Gasteiger partial charge on any atom is -0.468 e. The van der Waals surface area contributed by atoms with Crippen molar-refractivity contribution in [2.24, 2.45) is 0 Å². The molecule has 0 aliphatic carbocycles. The molecule has 0 fully saturated rings. The molecule has 0 radical (unpaired) electrons. The van der Waals surface area contributed by atoms with Crippen molar-refractivity contribution in [1.82, 2.24) is 15.0 Å². The Bertz CT molecular complexity index is 973.